The Morgan fingerprint density at radius 1 is 0.606 bits per heavy atom. The number of hydrogen-bond acceptors (Lipinski definition) is 6. The van der Waals surface area contributed by atoms with Crippen molar-refractivity contribution >= 4 is 44.6 Å². The van der Waals surface area contributed by atoms with Crippen LogP contribution in [0.4, 0.5) is 22.7 Å². The number of pyridine rings is 2. The zero-order chi connectivity index (χ0) is 23.2. The van der Waals surface area contributed by atoms with Gasteiger partial charge in [0.25, 0.3) is 0 Å². The number of hydrogen-bond donors (Lipinski definition) is 4. The average molecular weight is 443 g/mol. The Balaban J connectivity index is 1.17. The van der Waals surface area contributed by atoms with Gasteiger partial charge in [0.1, 0.15) is 0 Å². The Hall–Kier alpha value is -3.54. The fraction of sp³-hybridized carbons (Fsp3) is 0.333. The molecule has 0 saturated heterocycles. The first-order chi connectivity index (χ1) is 16.0. The summed E-state index contributed by atoms with van der Waals surface area (Å²) in [4.78, 5) is 9.19. The number of benzene rings is 2. The summed E-state index contributed by atoms with van der Waals surface area (Å²) >= 11 is 0. The van der Waals surface area contributed by atoms with Gasteiger partial charge in [-0.25, -0.2) is 0 Å². The van der Waals surface area contributed by atoms with Gasteiger partial charge in [0, 0.05) is 58.0 Å². The Bertz CT molecular complexity index is 1140. The van der Waals surface area contributed by atoms with Crippen molar-refractivity contribution in [1.29, 1.82) is 0 Å². The second-order valence-electron chi connectivity index (χ2n) is 8.80. The molecule has 0 spiro atoms. The van der Waals surface area contributed by atoms with Crippen LogP contribution >= 0.6 is 0 Å². The second-order valence-corrected chi connectivity index (χ2v) is 8.80. The number of nitrogens with two attached hydrogens (primary N) is 2. The highest BCUT2D eigenvalue weighted by Gasteiger charge is 2.05. The van der Waals surface area contributed by atoms with Gasteiger partial charge in [-0.1, -0.05) is 19.3 Å². The highest BCUT2D eigenvalue weighted by atomic mass is 14.9. The maximum absolute atomic E-state index is 5.91. The molecule has 0 aliphatic rings. The van der Waals surface area contributed by atoms with E-state index in [2.05, 4.69) is 44.9 Å². The third-order valence-corrected chi connectivity index (χ3v) is 5.91. The first kappa shape index (κ1) is 22.6. The van der Waals surface area contributed by atoms with Crippen LogP contribution in [0.15, 0.2) is 48.5 Å². The van der Waals surface area contributed by atoms with Crippen molar-refractivity contribution in [2.24, 2.45) is 0 Å². The van der Waals surface area contributed by atoms with Gasteiger partial charge < -0.3 is 22.1 Å². The normalized spacial score (nSPS) is 11.2. The third kappa shape index (κ3) is 5.83. The quantitative estimate of drug-likeness (QED) is 0.176. The van der Waals surface area contributed by atoms with Crippen LogP contribution in [0, 0.1) is 13.8 Å². The molecule has 6 heteroatoms. The predicted octanol–water partition coefficient (Wildman–Crippen LogP) is 6.04. The summed E-state index contributed by atoms with van der Waals surface area (Å²) in [6.45, 7) is 5.97. The number of nitrogen functional groups attached to an aromatic ring is 2. The second kappa shape index (κ2) is 10.4. The summed E-state index contributed by atoms with van der Waals surface area (Å²) in [6, 6.07) is 16.1. The van der Waals surface area contributed by atoms with E-state index in [1.807, 2.05) is 38.1 Å². The van der Waals surface area contributed by atoms with Gasteiger partial charge in [0.2, 0.25) is 0 Å². The van der Waals surface area contributed by atoms with Crippen LogP contribution in [-0.2, 0) is 0 Å². The number of nitrogens with one attached hydrogen (secondary N) is 2. The number of unbranched alkanes of at least 4 members (excludes halogenated alkanes) is 4. The van der Waals surface area contributed by atoms with E-state index in [4.69, 9.17) is 11.5 Å². The van der Waals surface area contributed by atoms with Gasteiger partial charge in [-0.3, -0.25) is 9.97 Å². The van der Waals surface area contributed by atoms with Crippen LogP contribution in [0.2, 0.25) is 0 Å². The average Bonchev–Trinajstić information content (AvgIpc) is 2.76. The van der Waals surface area contributed by atoms with Gasteiger partial charge in [-0.05, 0) is 75.2 Å². The number of anilines is 4. The number of aromatic nitrogens is 2. The summed E-state index contributed by atoms with van der Waals surface area (Å²) in [5.41, 5.74) is 19.5. The highest BCUT2D eigenvalue weighted by molar-refractivity contribution is 5.94. The van der Waals surface area contributed by atoms with Gasteiger partial charge in [-0.2, -0.15) is 0 Å². The fourth-order valence-corrected chi connectivity index (χ4v) is 4.27. The van der Waals surface area contributed by atoms with Crippen molar-refractivity contribution in [3.8, 4) is 0 Å². The van der Waals surface area contributed by atoms with E-state index in [1.165, 1.54) is 19.3 Å². The molecule has 0 radical (unpaired) electrons. The van der Waals surface area contributed by atoms with Crippen molar-refractivity contribution in [1.82, 2.24) is 9.97 Å². The van der Waals surface area contributed by atoms with Gasteiger partial charge in [0.15, 0.2) is 0 Å². The molecule has 0 aliphatic heterocycles. The molecule has 33 heavy (non-hydrogen) atoms. The van der Waals surface area contributed by atoms with Crippen LogP contribution in [0.3, 0.4) is 0 Å². The molecule has 172 valence electrons. The molecule has 4 aromatic rings. The molecule has 4 rings (SSSR count). The molecule has 2 aromatic heterocycles. The maximum atomic E-state index is 5.91. The molecule has 6 nitrogen and oxygen atoms in total. The number of nitrogens with zero attached hydrogens (tertiary/aromatic N) is 2. The monoisotopic (exact) mass is 442 g/mol. The van der Waals surface area contributed by atoms with Gasteiger partial charge >= 0.3 is 0 Å². The van der Waals surface area contributed by atoms with Crippen LogP contribution in [0.25, 0.3) is 21.8 Å². The lowest BCUT2D eigenvalue weighted by molar-refractivity contribution is 0.635. The molecule has 0 amide bonds. The van der Waals surface area contributed by atoms with Crippen LogP contribution in [-0.4, -0.2) is 23.1 Å². The smallest absolute Gasteiger partial charge is 0.0746 e. The summed E-state index contributed by atoms with van der Waals surface area (Å²) < 4.78 is 0. The summed E-state index contributed by atoms with van der Waals surface area (Å²) in [5.74, 6) is 0. The summed E-state index contributed by atoms with van der Waals surface area (Å²) in [5, 5.41) is 9.43. The van der Waals surface area contributed by atoms with E-state index in [0.29, 0.717) is 0 Å². The Kier molecular flexibility index (Phi) is 7.13. The van der Waals surface area contributed by atoms with E-state index in [1.54, 1.807) is 0 Å². The van der Waals surface area contributed by atoms with E-state index >= 15 is 0 Å². The summed E-state index contributed by atoms with van der Waals surface area (Å²) in [7, 11) is 0. The molecular formula is C27H34N6. The molecule has 0 fully saturated rings. The van der Waals surface area contributed by atoms with E-state index in [0.717, 1.165) is 81.9 Å². The highest BCUT2D eigenvalue weighted by Crippen LogP contribution is 2.26. The minimum absolute atomic E-state index is 0.748. The largest absolute Gasteiger partial charge is 0.399 e. The van der Waals surface area contributed by atoms with Crippen LogP contribution in [0.1, 0.15) is 43.5 Å². The molecule has 0 bridgehead atoms. The van der Waals surface area contributed by atoms with Crippen molar-refractivity contribution in [3.05, 3.63) is 59.9 Å². The first-order valence-corrected chi connectivity index (χ1v) is 11.8. The van der Waals surface area contributed by atoms with Gasteiger partial charge in [0.05, 0.1) is 11.0 Å². The lowest BCUT2D eigenvalue weighted by Crippen LogP contribution is -2.04. The standard InChI is InChI=1S/C27H34N6/c1-18-14-24(22-10-8-20(28)16-26(22)32-18)30-12-6-4-3-5-7-13-31-25-15-19(2)33-27-17-21(29)9-11-23(25)27/h8-11,14-17H,3-7,12-13,28-29H2,1-2H3,(H,30,32)(H,31,33). The molecule has 0 atom stereocenters. The van der Waals surface area contributed by atoms with Crippen LogP contribution < -0.4 is 22.1 Å². The fourth-order valence-electron chi connectivity index (χ4n) is 4.27. The predicted molar refractivity (Wildman–Crippen MR) is 142 cm³/mol. The Morgan fingerprint density at radius 3 is 1.48 bits per heavy atom. The zero-order valence-electron chi connectivity index (χ0n) is 19.6. The Morgan fingerprint density at radius 2 is 1.03 bits per heavy atom. The number of rotatable bonds is 10. The third-order valence-electron chi connectivity index (χ3n) is 5.91. The SMILES string of the molecule is Cc1cc(NCCCCCCCNc2cc(C)nc3cc(N)ccc23)c2ccc(N)cc2n1. The summed E-state index contributed by atoms with van der Waals surface area (Å²) in [6.07, 6.45) is 5.99. The topological polar surface area (TPSA) is 102 Å². The molecule has 2 heterocycles. The number of fused-ring (bicyclic) bond motifs is 2. The van der Waals surface area contributed by atoms with Crippen LogP contribution in [0.5, 0.6) is 0 Å². The lowest BCUT2D eigenvalue weighted by Gasteiger charge is -2.12. The maximum Gasteiger partial charge on any atom is 0.0746 e. The van der Waals surface area contributed by atoms with E-state index < -0.39 is 0 Å². The molecule has 2 aromatic carbocycles. The number of aryl methyl sites for hydroxylation is 2. The van der Waals surface area contributed by atoms with E-state index in [9.17, 15) is 0 Å². The van der Waals surface area contributed by atoms with Gasteiger partial charge in [-0.15, -0.1) is 0 Å². The zero-order valence-corrected chi connectivity index (χ0v) is 19.6. The Labute approximate surface area is 195 Å². The molecule has 0 saturated carbocycles. The molecule has 0 aliphatic carbocycles. The lowest BCUT2D eigenvalue weighted by atomic mass is 10.1. The molecule has 0 unspecified atom stereocenters. The van der Waals surface area contributed by atoms with E-state index in [-0.39, 0.29) is 0 Å². The minimum Gasteiger partial charge on any atom is -0.399 e. The van der Waals surface area contributed by atoms with Crippen molar-refractivity contribution in [2.75, 3.05) is 35.2 Å². The van der Waals surface area contributed by atoms with Crippen molar-refractivity contribution in [2.45, 2.75) is 46.0 Å². The minimum atomic E-state index is 0.748. The van der Waals surface area contributed by atoms with Crippen molar-refractivity contribution in [3.63, 3.8) is 0 Å². The molecular weight excluding hydrogens is 408 g/mol. The first-order valence-electron chi connectivity index (χ1n) is 11.8. The van der Waals surface area contributed by atoms with Crippen molar-refractivity contribution < 1.29 is 0 Å². The molecule has 6 N–H and O–H groups in total.